The highest BCUT2D eigenvalue weighted by Gasteiger charge is 2.24. The molecule has 2 aromatic heterocycles. The van der Waals surface area contributed by atoms with Gasteiger partial charge < -0.3 is 15.0 Å². The fourth-order valence-electron chi connectivity index (χ4n) is 3.42. The number of carbonyl (C=O) groups is 2. The third-order valence-electron chi connectivity index (χ3n) is 5.05. The van der Waals surface area contributed by atoms with Crippen LogP contribution in [0.1, 0.15) is 45.8 Å². The van der Waals surface area contributed by atoms with Crippen molar-refractivity contribution in [3.63, 3.8) is 0 Å². The van der Waals surface area contributed by atoms with Crippen LogP contribution in [-0.2, 0) is 22.7 Å². The minimum absolute atomic E-state index is 0.0756. The summed E-state index contributed by atoms with van der Waals surface area (Å²) in [7, 11) is 1.66. The van der Waals surface area contributed by atoms with Crippen LogP contribution in [-0.4, -0.2) is 41.9 Å². The monoisotopic (exact) mass is 401 g/mol. The topological polar surface area (TPSA) is 71.5 Å². The number of hydrogen-bond donors (Lipinski definition) is 1. The molecule has 7 heteroatoms. The van der Waals surface area contributed by atoms with Gasteiger partial charge in [0.05, 0.1) is 11.5 Å². The minimum Gasteiger partial charge on any atom is -0.379 e. The molecule has 0 aliphatic carbocycles. The number of thiophene rings is 1. The van der Waals surface area contributed by atoms with Crippen molar-refractivity contribution in [3.05, 3.63) is 52.0 Å². The third kappa shape index (κ3) is 5.87. The Morgan fingerprint density at radius 3 is 2.82 bits per heavy atom. The normalized spacial score (nSPS) is 14.8. The molecule has 1 aliphatic rings. The Hall–Kier alpha value is -2.25. The second-order valence-corrected chi connectivity index (χ2v) is 8.28. The van der Waals surface area contributed by atoms with E-state index >= 15 is 0 Å². The average Bonchev–Trinajstić information content (AvgIpc) is 3.20. The Kier molecular flexibility index (Phi) is 7.56. The van der Waals surface area contributed by atoms with E-state index in [1.165, 1.54) is 11.3 Å². The lowest BCUT2D eigenvalue weighted by atomic mass is 9.92. The average molecular weight is 402 g/mol. The van der Waals surface area contributed by atoms with Crippen LogP contribution < -0.4 is 5.32 Å². The zero-order valence-electron chi connectivity index (χ0n) is 16.2. The van der Waals surface area contributed by atoms with Gasteiger partial charge in [0, 0.05) is 50.4 Å². The summed E-state index contributed by atoms with van der Waals surface area (Å²) in [6.07, 6.45) is 6.80. The van der Waals surface area contributed by atoms with Gasteiger partial charge in [0.2, 0.25) is 5.91 Å². The highest BCUT2D eigenvalue weighted by Crippen LogP contribution is 2.25. The summed E-state index contributed by atoms with van der Waals surface area (Å²) in [5.74, 6) is 0.687. The molecule has 28 heavy (non-hydrogen) atoms. The highest BCUT2D eigenvalue weighted by molar-refractivity contribution is 7.14. The fraction of sp³-hybridized carbons (Fsp3) is 0.476. The molecule has 1 saturated heterocycles. The number of aromatic nitrogens is 1. The molecule has 6 nitrogen and oxygen atoms in total. The van der Waals surface area contributed by atoms with Gasteiger partial charge in [-0.15, -0.1) is 11.3 Å². The molecule has 0 unspecified atom stereocenters. The number of nitrogens with zero attached hydrogens (tertiary/aromatic N) is 2. The predicted octanol–water partition coefficient (Wildman–Crippen LogP) is 3.24. The molecule has 1 aliphatic heterocycles. The van der Waals surface area contributed by atoms with E-state index in [1.807, 2.05) is 29.2 Å². The van der Waals surface area contributed by atoms with Crippen molar-refractivity contribution in [1.29, 1.82) is 0 Å². The maximum atomic E-state index is 12.6. The molecule has 150 valence electrons. The minimum atomic E-state index is 0.0756. The Balaban J connectivity index is 1.36. The van der Waals surface area contributed by atoms with Gasteiger partial charge >= 0.3 is 0 Å². The van der Waals surface area contributed by atoms with E-state index in [2.05, 4.69) is 10.3 Å². The Bertz CT molecular complexity index is 770. The van der Waals surface area contributed by atoms with Gasteiger partial charge in [-0.1, -0.05) is 6.07 Å². The van der Waals surface area contributed by atoms with Crippen LogP contribution in [0.2, 0.25) is 0 Å². The van der Waals surface area contributed by atoms with Crippen molar-refractivity contribution in [2.75, 3.05) is 20.2 Å². The van der Waals surface area contributed by atoms with E-state index < -0.39 is 0 Å². The summed E-state index contributed by atoms with van der Waals surface area (Å²) in [6.45, 7) is 2.59. The number of amides is 2. The summed E-state index contributed by atoms with van der Waals surface area (Å²) in [5, 5.41) is 2.95. The first-order valence-corrected chi connectivity index (χ1v) is 10.5. The zero-order valence-corrected chi connectivity index (χ0v) is 17.0. The fourth-order valence-corrected chi connectivity index (χ4v) is 4.37. The summed E-state index contributed by atoms with van der Waals surface area (Å²) < 4.78 is 5.12. The standard InChI is InChI=1S/C21H27N3O3S/c1-27-15-18-5-6-19(28-18)21(26)24-11-8-16(9-12-24)4-7-20(25)23-14-17-3-2-10-22-13-17/h2-3,5-6,10,13,16H,4,7-9,11-12,14-15H2,1H3,(H,23,25). The molecule has 0 aromatic carbocycles. The first-order valence-electron chi connectivity index (χ1n) is 9.68. The first-order chi connectivity index (χ1) is 13.7. The second-order valence-electron chi connectivity index (χ2n) is 7.11. The maximum absolute atomic E-state index is 12.6. The van der Waals surface area contributed by atoms with Crippen LogP contribution in [0.4, 0.5) is 0 Å². The summed E-state index contributed by atoms with van der Waals surface area (Å²) in [5.41, 5.74) is 1.00. The van der Waals surface area contributed by atoms with Crippen LogP contribution in [0.15, 0.2) is 36.7 Å². The number of ether oxygens (including phenoxy) is 1. The van der Waals surface area contributed by atoms with E-state index in [9.17, 15) is 9.59 Å². The number of rotatable bonds is 8. The Morgan fingerprint density at radius 1 is 1.29 bits per heavy atom. The van der Waals surface area contributed by atoms with Crippen LogP contribution in [0.5, 0.6) is 0 Å². The number of piperidine rings is 1. The van der Waals surface area contributed by atoms with E-state index in [-0.39, 0.29) is 11.8 Å². The van der Waals surface area contributed by atoms with Gasteiger partial charge in [-0.05, 0) is 48.9 Å². The van der Waals surface area contributed by atoms with Gasteiger partial charge in [-0.2, -0.15) is 0 Å². The van der Waals surface area contributed by atoms with Crippen LogP contribution >= 0.6 is 11.3 Å². The number of pyridine rings is 1. The molecule has 1 N–H and O–H groups in total. The molecule has 2 aromatic rings. The van der Waals surface area contributed by atoms with Gasteiger partial charge in [0.1, 0.15) is 0 Å². The van der Waals surface area contributed by atoms with Gasteiger partial charge in [-0.25, -0.2) is 0 Å². The van der Waals surface area contributed by atoms with Crippen LogP contribution in [0.25, 0.3) is 0 Å². The molecule has 0 atom stereocenters. The zero-order chi connectivity index (χ0) is 19.8. The lowest BCUT2D eigenvalue weighted by Gasteiger charge is -2.31. The molecule has 3 heterocycles. The van der Waals surface area contributed by atoms with Crippen molar-refractivity contribution in [3.8, 4) is 0 Å². The molecule has 0 radical (unpaired) electrons. The third-order valence-corrected chi connectivity index (χ3v) is 6.10. The smallest absolute Gasteiger partial charge is 0.263 e. The van der Waals surface area contributed by atoms with Crippen LogP contribution in [0, 0.1) is 5.92 Å². The number of nitrogens with one attached hydrogen (secondary N) is 1. The molecular weight excluding hydrogens is 374 g/mol. The van der Waals surface area contributed by atoms with E-state index in [4.69, 9.17) is 4.74 Å². The van der Waals surface area contributed by atoms with Crippen LogP contribution in [0.3, 0.4) is 0 Å². The molecule has 2 amide bonds. The van der Waals surface area contributed by atoms with Gasteiger partial charge in [-0.3, -0.25) is 14.6 Å². The summed E-state index contributed by atoms with van der Waals surface area (Å²) >= 11 is 1.50. The molecular formula is C21H27N3O3S. The summed E-state index contributed by atoms with van der Waals surface area (Å²) in [4.78, 5) is 32.5. The predicted molar refractivity (Wildman–Crippen MR) is 109 cm³/mol. The lowest BCUT2D eigenvalue weighted by Crippen LogP contribution is -2.38. The van der Waals surface area contributed by atoms with Gasteiger partial charge in [0.25, 0.3) is 5.91 Å². The number of methoxy groups -OCH3 is 1. The Morgan fingerprint density at radius 2 is 2.11 bits per heavy atom. The molecule has 0 spiro atoms. The van der Waals surface area contributed by atoms with E-state index in [0.717, 1.165) is 47.7 Å². The van der Waals surface area contributed by atoms with Crippen molar-refractivity contribution in [2.24, 2.45) is 5.92 Å². The summed E-state index contributed by atoms with van der Waals surface area (Å²) in [6, 6.07) is 7.66. The quantitative estimate of drug-likeness (QED) is 0.737. The highest BCUT2D eigenvalue weighted by atomic mass is 32.1. The van der Waals surface area contributed by atoms with Gasteiger partial charge in [0.15, 0.2) is 0 Å². The SMILES string of the molecule is COCc1ccc(C(=O)N2CCC(CCC(=O)NCc3cccnc3)CC2)s1. The van der Waals surface area contributed by atoms with E-state index in [1.54, 1.807) is 19.5 Å². The molecule has 0 bridgehead atoms. The maximum Gasteiger partial charge on any atom is 0.263 e. The number of hydrogen-bond acceptors (Lipinski definition) is 5. The molecule has 1 fully saturated rings. The van der Waals surface area contributed by atoms with Crippen molar-refractivity contribution in [2.45, 2.75) is 38.8 Å². The lowest BCUT2D eigenvalue weighted by molar-refractivity contribution is -0.121. The molecule has 3 rings (SSSR count). The van der Waals surface area contributed by atoms with Crippen molar-refractivity contribution < 1.29 is 14.3 Å². The molecule has 0 saturated carbocycles. The number of likely N-dealkylation sites (tertiary alicyclic amines) is 1. The Labute approximate surface area is 169 Å². The largest absolute Gasteiger partial charge is 0.379 e. The second kappa shape index (κ2) is 10.3. The first kappa shape index (κ1) is 20.5. The van der Waals surface area contributed by atoms with Crippen molar-refractivity contribution >= 4 is 23.2 Å². The number of carbonyl (C=O) groups excluding carboxylic acids is 2. The van der Waals surface area contributed by atoms with Crippen molar-refractivity contribution in [1.82, 2.24) is 15.2 Å². The van der Waals surface area contributed by atoms with E-state index in [0.29, 0.717) is 25.5 Å².